The smallest absolute Gasteiger partial charge is 0.245 e. The highest BCUT2D eigenvalue weighted by atomic mass is 32.1. The minimum atomic E-state index is -0.611. The molecule has 0 aliphatic rings. The molecule has 8 heteroatoms. The number of carbonyl (C=O) groups is 2. The largest absolute Gasteiger partial charge is 0.346 e. The molecule has 0 aliphatic heterocycles. The highest BCUT2D eigenvalue weighted by Gasteiger charge is 2.17. The minimum Gasteiger partial charge on any atom is -0.346 e. The predicted octanol–water partition coefficient (Wildman–Crippen LogP) is 0.529. The van der Waals surface area contributed by atoms with Gasteiger partial charge in [0.1, 0.15) is 5.01 Å². The standard InChI is InChI=1S/C12H21N5O2S/c1-4-5-9-16-17-12(20-9)15-8(18)6-14-11(19)10(13)7(2)3/h7,10H,4-6,13H2,1-3H3,(H,14,19)(H,15,17,18)/t10-/m0/s1. The first-order valence-electron chi connectivity index (χ1n) is 6.59. The molecule has 1 heterocycles. The fourth-order valence-corrected chi connectivity index (χ4v) is 2.23. The average Bonchev–Trinajstić information content (AvgIpc) is 2.82. The van der Waals surface area contributed by atoms with Gasteiger partial charge in [0.05, 0.1) is 12.6 Å². The molecule has 1 aromatic rings. The van der Waals surface area contributed by atoms with Crippen molar-refractivity contribution in [2.75, 3.05) is 11.9 Å². The lowest BCUT2D eigenvalue weighted by atomic mass is 10.1. The van der Waals surface area contributed by atoms with Crippen LogP contribution in [0.5, 0.6) is 0 Å². The summed E-state index contributed by atoms with van der Waals surface area (Å²) in [6.45, 7) is 5.62. The van der Waals surface area contributed by atoms with Gasteiger partial charge in [0.2, 0.25) is 16.9 Å². The number of rotatable bonds is 7. The lowest BCUT2D eigenvalue weighted by molar-refractivity contribution is -0.125. The molecule has 0 bridgehead atoms. The van der Waals surface area contributed by atoms with Crippen LogP contribution in [0.15, 0.2) is 0 Å². The van der Waals surface area contributed by atoms with E-state index in [1.807, 2.05) is 20.8 Å². The Hall–Kier alpha value is -1.54. The van der Waals surface area contributed by atoms with Gasteiger partial charge in [0, 0.05) is 6.42 Å². The van der Waals surface area contributed by atoms with E-state index in [-0.39, 0.29) is 24.3 Å². The topological polar surface area (TPSA) is 110 Å². The summed E-state index contributed by atoms with van der Waals surface area (Å²) < 4.78 is 0. The summed E-state index contributed by atoms with van der Waals surface area (Å²) >= 11 is 1.34. The van der Waals surface area contributed by atoms with E-state index in [1.165, 1.54) is 11.3 Å². The summed E-state index contributed by atoms with van der Waals surface area (Å²) in [5, 5.41) is 14.2. The third-order valence-corrected chi connectivity index (χ3v) is 3.52. The van der Waals surface area contributed by atoms with Crippen LogP contribution in [-0.4, -0.2) is 34.6 Å². The highest BCUT2D eigenvalue weighted by Crippen LogP contribution is 2.16. The van der Waals surface area contributed by atoms with Gasteiger partial charge in [-0.1, -0.05) is 32.1 Å². The SMILES string of the molecule is CCCc1nnc(NC(=O)CNC(=O)[C@@H](N)C(C)C)s1. The van der Waals surface area contributed by atoms with E-state index in [1.54, 1.807) is 0 Å². The molecule has 20 heavy (non-hydrogen) atoms. The van der Waals surface area contributed by atoms with E-state index in [4.69, 9.17) is 5.73 Å². The number of anilines is 1. The molecule has 0 saturated heterocycles. The number of amides is 2. The van der Waals surface area contributed by atoms with Gasteiger partial charge < -0.3 is 11.1 Å². The molecule has 1 rings (SSSR count). The Morgan fingerprint density at radius 3 is 2.65 bits per heavy atom. The van der Waals surface area contributed by atoms with E-state index in [0.717, 1.165) is 17.8 Å². The zero-order valence-corrected chi connectivity index (χ0v) is 12.8. The molecule has 2 amide bonds. The van der Waals surface area contributed by atoms with E-state index in [0.29, 0.717) is 5.13 Å². The Labute approximate surface area is 122 Å². The summed E-state index contributed by atoms with van der Waals surface area (Å²) in [5.41, 5.74) is 5.67. The van der Waals surface area contributed by atoms with Gasteiger partial charge in [-0.3, -0.25) is 14.9 Å². The number of aromatic nitrogens is 2. The van der Waals surface area contributed by atoms with Gasteiger partial charge in [-0.25, -0.2) is 0 Å². The average molecular weight is 299 g/mol. The van der Waals surface area contributed by atoms with Crippen LogP contribution in [0.1, 0.15) is 32.2 Å². The molecule has 1 atom stereocenters. The summed E-state index contributed by atoms with van der Waals surface area (Å²) in [6, 6.07) is -0.611. The molecule has 1 aromatic heterocycles. The van der Waals surface area contributed by atoms with Crippen molar-refractivity contribution in [1.82, 2.24) is 15.5 Å². The number of nitrogens with zero attached hydrogens (tertiary/aromatic N) is 2. The maximum Gasteiger partial charge on any atom is 0.245 e. The van der Waals surface area contributed by atoms with Crippen LogP contribution in [0, 0.1) is 5.92 Å². The fourth-order valence-electron chi connectivity index (χ4n) is 1.37. The second kappa shape index (κ2) is 7.91. The van der Waals surface area contributed by atoms with Crippen LogP contribution >= 0.6 is 11.3 Å². The second-order valence-electron chi connectivity index (χ2n) is 4.79. The Bertz CT molecular complexity index is 460. The van der Waals surface area contributed by atoms with Crippen molar-refractivity contribution in [3.8, 4) is 0 Å². The number of hydrogen-bond donors (Lipinski definition) is 3. The summed E-state index contributed by atoms with van der Waals surface area (Å²) in [4.78, 5) is 23.2. The van der Waals surface area contributed by atoms with E-state index in [2.05, 4.69) is 20.8 Å². The Morgan fingerprint density at radius 1 is 1.35 bits per heavy atom. The van der Waals surface area contributed by atoms with Gasteiger partial charge >= 0.3 is 0 Å². The van der Waals surface area contributed by atoms with E-state index in [9.17, 15) is 9.59 Å². The first kappa shape index (κ1) is 16.5. The number of nitrogens with one attached hydrogen (secondary N) is 2. The molecule has 7 nitrogen and oxygen atoms in total. The van der Waals surface area contributed by atoms with Crippen LogP contribution in [0.25, 0.3) is 0 Å². The zero-order chi connectivity index (χ0) is 15.1. The van der Waals surface area contributed by atoms with Crippen molar-refractivity contribution >= 4 is 28.3 Å². The molecule has 112 valence electrons. The Morgan fingerprint density at radius 2 is 2.05 bits per heavy atom. The zero-order valence-electron chi connectivity index (χ0n) is 12.0. The van der Waals surface area contributed by atoms with Gasteiger partial charge in [-0.05, 0) is 12.3 Å². The monoisotopic (exact) mass is 299 g/mol. The normalized spacial score (nSPS) is 12.2. The number of nitrogens with two attached hydrogens (primary N) is 1. The third kappa shape index (κ3) is 5.22. The molecule has 0 saturated carbocycles. The van der Waals surface area contributed by atoms with Crippen LogP contribution in [0.4, 0.5) is 5.13 Å². The minimum absolute atomic E-state index is 0.0258. The van der Waals surface area contributed by atoms with Crippen molar-refractivity contribution < 1.29 is 9.59 Å². The molecular formula is C12H21N5O2S. The van der Waals surface area contributed by atoms with E-state index >= 15 is 0 Å². The maximum atomic E-state index is 11.6. The molecule has 0 radical (unpaired) electrons. The predicted molar refractivity (Wildman–Crippen MR) is 78.4 cm³/mol. The highest BCUT2D eigenvalue weighted by molar-refractivity contribution is 7.15. The molecule has 0 spiro atoms. The van der Waals surface area contributed by atoms with Crippen molar-refractivity contribution in [2.24, 2.45) is 11.7 Å². The number of hydrogen-bond acceptors (Lipinski definition) is 6. The van der Waals surface area contributed by atoms with Gasteiger partial charge in [-0.2, -0.15) is 0 Å². The van der Waals surface area contributed by atoms with Crippen molar-refractivity contribution in [1.29, 1.82) is 0 Å². The number of carbonyl (C=O) groups excluding carboxylic acids is 2. The van der Waals surface area contributed by atoms with Gasteiger partial charge in [0.25, 0.3) is 0 Å². The molecule has 0 aromatic carbocycles. The van der Waals surface area contributed by atoms with Crippen molar-refractivity contribution in [2.45, 2.75) is 39.7 Å². The third-order valence-electron chi connectivity index (χ3n) is 2.62. The van der Waals surface area contributed by atoms with Crippen LogP contribution in [0.3, 0.4) is 0 Å². The van der Waals surface area contributed by atoms with Crippen molar-refractivity contribution in [3.05, 3.63) is 5.01 Å². The summed E-state index contributed by atoms with van der Waals surface area (Å²) in [5.74, 6) is -0.648. The lowest BCUT2D eigenvalue weighted by Gasteiger charge is -2.14. The Kier molecular flexibility index (Phi) is 6.53. The van der Waals surface area contributed by atoms with Gasteiger partial charge in [0.15, 0.2) is 0 Å². The summed E-state index contributed by atoms with van der Waals surface area (Å²) in [6.07, 6.45) is 1.82. The Balaban J connectivity index is 2.38. The molecular weight excluding hydrogens is 278 g/mol. The maximum absolute atomic E-state index is 11.6. The molecule has 0 aliphatic carbocycles. The molecule has 0 unspecified atom stereocenters. The lowest BCUT2D eigenvalue weighted by Crippen LogP contribution is -2.46. The number of aryl methyl sites for hydroxylation is 1. The van der Waals surface area contributed by atoms with E-state index < -0.39 is 6.04 Å². The fraction of sp³-hybridized carbons (Fsp3) is 0.667. The van der Waals surface area contributed by atoms with Crippen molar-refractivity contribution in [3.63, 3.8) is 0 Å². The first-order valence-corrected chi connectivity index (χ1v) is 7.41. The van der Waals surface area contributed by atoms with Crippen LogP contribution in [0.2, 0.25) is 0 Å². The second-order valence-corrected chi connectivity index (χ2v) is 5.85. The summed E-state index contributed by atoms with van der Waals surface area (Å²) in [7, 11) is 0. The van der Waals surface area contributed by atoms with Gasteiger partial charge in [-0.15, -0.1) is 10.2 Å². The van der Waals surface area contributed by atoms with Crippen LogP contribution < -0.4 is 16.4 Å². The molecule has 0 fully saturated rings. The van der Waals surface area contributed by atoms with Crippen LogP contribution in [-0.2, 0) is 16.0 Å². The first-order chi connectivity index (χ1) is 9.43. The quantitative estimate of drug-likeness (QED) is 0.680. The molecule has 4 N–H and O–H groups in total.